The Morgan fingerprint density at radius 2 is 2.11 bits per heavy atom. The molecule has 0 aliphatic carbocycles. The number of hydrogen-bond donors (Lipinski definition) is 1. The van der Waals surface area contributed by atoms with Crippen LogP contribution >= 0.6 is 27.5 Å². The summed E-state index contributed by atoms with van der Waals surface area (Å²) in [5.74, 6) is -0.0279. The monoisotopic (exact) mass is 452 g/mol. The van der Waals surface area contributed by atoms with Crippen molar-refractivity contribution in [3.05, 3.63) is 72.8 Å². The SMILES string of the molecule is Cc1nn(Cc2ccc(C(=O)Nc3ccc(Cl)cc3[N+](=O)[O-])o2)c(C)c1Br. The molecule has 1 N–H and O–H groups in total. The highest BCUT2D eigenvalue weighted by atomic mass is 79.9. The van der Waals surface area contributed by atoms with Gasteiger partial charge in [-0.05, 0) is 54.0 Å². The number of nitrogens with zero attached hydrogens (tertiary/aromatic N) is 3. The van der Waals surface area contributed by atoms with E-state index in [1.807, 2.05) is 13.8 Å². The largest absolute Gasteiger partial charge is 0.454 e. The van der Waals surface area contributed by atoms with Gasteiger partial charge in [0.25, 0.3) is 11.6 Å². The summed E-state index contributed by atoms with van der Waals surface area (Å²) < 4.78 is 8.24. The molecule has 0 fully saturated rings. The van der Waals surface area contributed by atoms with Gasteiger partial charge in [-0.3, -0.25) is 19.6 Å². The van der Waals surface area contributed by atoms with Crippen molar-refractivity contribution >= 4 is 44.8 Å². The zero-order valence-corrected chi connectivity index (χ0v) is 16.7. The van der Waals surface area contributed by atoms with E-state index >= 15 is 0 Å². The molecule has 0 saturated carbocycles. The molecule has 3 aromatic rings. The highest BCUT2D eigenvalue weighted by molar-refractivity contribution is 9.10. The quantitative estimate of drug-likeness (QED) is 0.445. The van der Waals surface area contributed by atoms with Gasteiger partial charge in [0, 0.05) is 11.1 Å². The number of carbonyl (C=O) groups is 1. The minimum absolute atomic E-state index is 0.0369. The number of furan rings is 1. The summed E-state index contributed by atoms with van der Waals surface area (Å²) in [6, 6.07) is 7.17. The number of aryl methyl sites for hydroxylation is 1. The first kappa shape index (κ1) is 19.1. The standard InChI is InChI=1S/C17H14BrClN4O4/c1-9-16(18)10(2)22(21-9)8-12-4-6-15(27-12)17(24)20-13-5-3-11(19)7-14(13)23(25)26/h3-7H,8H2,1-2H3,(H,20,24). The van der Waals surface area contributed by atoms with E-state index in [9.17, 15) is 14.9 Å². The molecule has 1 aromatic carbocycles. The Hall–Kier alpha value is -2.65. The molecule has 0 atom stereocenters. The van der Waals surface area contributed by atoms with Gasteiger partial charge in [0.1, 0.15) is 11.4 Å². The fourth-order valence-corrected chi connectivity index (χ4v) is 2.96. The fourth-order valence-electron chi connectivity index (χ4n) is 2.51. The molecule has 2 heterocycles. The van der Waals surface area contributed by atoms with Crippen LogP contribution in [0.4, 0.5) is 11.4 Å². The molecule has 27 heavy (non-hydrogen) atoms. The first-order valence-corrected chi connectivity index (χ1v) is 8.97. The normalized spacial score (nSPS) is 10.8. The maximum atomic E-state index is 12.4. The van der Waals surface area contributed by atoms with Crippen LogP contribution in [-0.4, -0.2) is 20.6 Å². The Bertz CT molecular complexity index is 1040. The third-order valence-corrected chi connectivity index (χ3v) is 5.27. The van der Waals surface area contributed by atoms with Crippen LogP contribution in [0.15, 0.2) is 39.2 Å². The molecule has 140 valence electrons. The Morgan fingerprint density at radius 1 is 1.37 bits per heavy atom. The number of anilines is 1. The summed E-state index contributed by atoms with van der Waals surface area (Å²) in [5, 5.41) is 18.2. The number of aromatic nitrogens is 2. The molecule has 0 bridgehead atoms. The molecule has 0 spiro atoms. The van der Waals surface area contributed by atoms with Crippen LogP contribution in [0, 0.1) is 24.0 Å². The Morgan fingerprint density at radius 3 is 2.74 bits per heavy atom. The van der Waals surface area contributed by atoms with Gasteiger partial charge in [-0.2, -0.15) is 5.10 Å². The highest BCUT2D eigenvalue weighted by Gasteiger charge is 2.19. The number of nitro benzene ring substituents is 1. The molecule has 2 aromatic heterocycles. The second-order valence-corrected chi connectivity index (χ2v) is 7.01. The molecule has 3 rings (SSSR count). The molecule has 0 aliphatic heterocycles. The summed E-state index contributed by atoms with van der Waals surface area (Å²) >= 11 is 9.23. The Labute approximate surface area is 167 Å². The van der Waals surface area contributed by atoms with E-state index in [2.05, 4.69) is 26.3 Å². The number of nitrogens with one attached hydrogen (secondary N) is 1. The molecule has 0 unspecified atom stereocenters. The molecular weight excluding hydrogens is 440 g/mol. The molecule has 0 radical (unpaired) electrons. The minimum Gasteiger partial charge on any atom is -0.454 e. The van der Waals surface area contributed by atoms with Gasteiger partial charge in [-0.25, -0.2) is 0 Å². The summed E-state index contributed by atoms with van der Waals surface area (Å²) in [6.07, 6.45) is 0. The topological polar surface area (TPSA) is 103 Å². The van der Waals surface area contributed by atoms with Crippen LogP contribution in [0.3, 0.4) is 0 Å². The van der Waals surface area contributed by atoms with Crippen LogP contribution in [0.25, 0.3) is 0 Å². The first-order chi connectivity index (χ1) is 12.8. The number of halogens is 2. The average molecular weight is 454 g/mol. The zero-order chi connectivity index (χ0) is 19.7. The van der Waals surface area contributed by atoms with Crippen LogP contribution < -0.4 is 5.32 Å². The molecule has 10 heteroatoms. The lowest BCUT2D eigenvalue weighted by atomic mass is 10.2. The minimum atomic E-state index is -0.615. The van der Waals surface area contributed by atoms with Crippen molar-refractivity contribution in [1.82, 2.24) is 9.78 Å². The first-order valence-electron chi connectivity index (χ1n) is 7.79. The molecule has 8 nitrogen and oxygen atoms in total. The van der Waals surface area contributed by atoms with E-state index in [0.29, 0.717) is 12.3 Å². The number of rotatable bonds is 5. The van der Waals surface area contributed by atoms with Gasteiger partial charge in [-0.1, -0.05) is 11.6 Å². The maximum Gasteiger partial charge on any atom is 0.294 e. The third kappa shape index (κ3) is 4.04. The zero-order valence-electron chi connectivity index (χ0n) is 14.3. The van der Waals surface area contributed by atoms with Crippen molar-refractivity contribution in [1.29, 1.82) is 0 Å². The number of amides is 1. The number of hydrogen-bond acceptors (Lipinski definition) is 5. The van der Waals surface area contributed by atoms with Gasteiger partial charge in [0.2, 0.25) is 0 Å². The van der Waals surface area contributed by atoms with E-state index in [-0.39, 0.29) is 22.2 Å². The van der Waals surface area contributed by atoms with Crippen molar-refractivity contribution in [2.45, 2.75) is 20.4 Å². The van der Waals surface area contributed by atoms with E-state index in [4.69, 9.17) is 16.0 Å². The van der Waals surface area contributed by atoms with E-state index in [1.165, 1.54) is 24.3 Å². The van der Waals surface area contributed by atoms with Gasteiger partial charge in [0.05, 0.1) is 27.3 Å². The fraction of sp³-hybridized carbons (Fsp3) is 0.176. The third-order valence-electron chi connectivity index (χ3n) is 3.89. The second-order valence-electron chi connectivity index (χ2n) is 5.78. The highest BCUT2D eigenvalue weighted by Crippen LogP contribution is 2.28. The smallest absolute Gasteiger partial charge is 0.294 e. The summed E-state index contributed by atoms with van der Waals surface area (Å²) in [4.78, 5) is 22.9. The van der Waals surface area contributed by atoms with Crippen molar-refractivity contribution in [2.24, 2.45) is 0 Å². The number of carbonyl (C=O) groups excluding carboxylic acids is 1. The van der Waals surface area contributed by atoms with Gasteiger partial charge in [0.15, 0.2) is 5.76 Å². The number of benzene rings is 1. The van der Waals surface area contributed by atoms with Crippen molar-refractivity contribution in [2.75, 3.05) is 5.32 Å². The predicted octanol–water partition coefficient (Wildman–Crippen LogP) is 4.72. The van der Waals surface area contributed by atoms with Crippen LogP contribution in [0.5, 0.6) is 0 Å². The lowest BCUT2D eigenvalue weighted by molar-refractivity contribution is -0.383. The lowest BCUT2D eigenvalue weighted by Crippen LogP contribution is -2.12. The number of nitro groups is 1. The predicted molar refractivity (Wildman–Crippen MR) is 103 cm³/mol. The molecule has 0 aliphatic rings. The van der Waals surface area contributed by atoms with Crippen LogP contribution in [-0.2, 0) is 6.54 Å². The summed E-state index contributed by atoms with van der Waals surface area (Å²) in [5.41, 5.74) is 1.53. The maximum absolute atomic E-state index is 12.4. The second kappa shape index (κ2) is 7.53. The Balaban J connectivity index is 1.78. The average Bonchev–Trinajstić information content (AvgIpc) is 3.18. The summed E-state index contributed by atoms with van der Waals surface area (Å²) in [7, 11) is 0. The van der Waals surface area contributed by atoms with E-state index < -0.39 is 10.8 Å². The van der Waals surface area contributed by atoms with Crippen LogP contribution in [0.2, 0.25) is 5.02 Å². The van der Waals surface area contributed by atoms with Crippen molar-refractivity contribution in [3.63, 3.8) is 0 Å². The van der Waals surface area contributed by atoms with Gasteiger partial charge >= 0.3 is 0 Å². The van der Waals surface area contributed by atoms with E-state index in [1.54, 1.807) is 10.7 Å². The molecule has 1 amide bonds. The summed E-state index contributed by atoms with van der Waals surface area (Å²) in [6.45, 7) is 4.15. The molecular formula is C17H14BrClN4O4. The van der Waals surface area contributed by atoms with Gasteiger partial charge < -0.3 is 9.73 Å². The van der Waals surface area contributed by atoms with E-state index in [0.717, 1.165) is 15.9 Å². The molecule has 0 saturated heterocycles. The lowest BCUT2D eigenvalue weighted by Gasteiger charge is -2.05. The Kier molecular flexibility index (Phi) is 5.33. The van der Waals surface area contributed by atoms with Crippen LogP contribution in [0.1, 0.15) is 27.7 Å². The van der Waals surface area contributed by atoms with Gasteiger partial charge in [-0.15, -0.1) is 0 Å². The van der Waals surface area contributed by atoms with Crippen molar-refractivity contribution in [3.8, 4) is 0 Å². The van der Waals surface area contributed by atoms with Crippen molar-refractivity contribution < 1.29 is 14.1 Å².